The molecule has 24 heavy (non-hydrogen) atoms. The highest BCUT2D eigenvalue weighted by Crippen LogP contribution is 2.17. The van der Waals surface area contributed by atoms with Crippen LogP contribution in [-0.2, 0) is 19.4 Å². The molecule has 0 saturated heterocycles. The molecule has 0 fully saturated rings. The summed E-state index contributed by atoms with van der Waals surface area (Å²) >= 11 is 0. The highest BCUT2D eigenvalue weighted by molar-refractivity contribution is 4.82. The average molecular weight is 362 g/mol. The zero-order valence-corrected chi connectivity index (χ0v) is 11.3. The van der Waals surface area contributed by atoms with Gasteiger partial charge in [-0.3, -0.25) is 0 Å². The molecule has 0 aromatic carbocycles. The Morgan fingerprint density at radius 2 is 1.25 bits per heavy atom. The summed E-state index contributed by atoms with van der Waals surface area (Å²) in [6, 6.07) is 0. The zero-order valence-electron chi connectivity index (χ0n) is 11.3. The predicted molar refractivity (Wildman–Crippen MR) is 61.6 cm³/mol. The van der Waals surface area contributed by atoms with Crippen LogP contribution in [0, 0.1) is 40.5 Å². The number of hydrogen-bond acceptors (Lipinski definition) is 14. The van der Waals surface area contributed by atoms with Crippen molar-refractivity contribution in [2.75, 3.05) is 13.2 Å². The van der Waals surface area contributed by atoms with Crippen molar-refractivity contribution in [2.24, 2.45) is 0 Å². The van der Waals surface area contributed by atoms with E-state index in [1.165, 1.54) is 0 Å². The van der Waals surface area contributed by atoms with Crippen molar-refractivity contribution in [1.82, 2.24) is 0 Å². The topological polar surface area (TPSA) is 250 Å². The van der Waals surface area contributed by atoms with Gasteiger partial charge < -0.3 is 29.6 Å². The molecule has 0 amide bonds. The smallest absolute Gasteiger partial charge is 0.294 e. The van der Waals surface area contributed by atoms with Crippen LogP contribution in [0.4, 0.5) is 0 Å². The van der Waals surface area contributed by atoms with Crippen LogP contribution >= 0.6 is 0 Å². The molecule has 0 aliphatic carbocycles. The fourth-order valence-electron chi connectivity index (χ4n) is 1.42. The molecule has 18 nitrogen and oxygen atoms in total. The Morgan fingerprint density at radius 3 is 1.62 bits per heavy atom. The van der Waals surface area contributed by atoms with Crippen molar-refractivity contribution in [3.8, 4) is 0 Å². The highest BCUT2D eigenvalue weighted by Gasteiger charge is 2.42. The Bertz CT molecular complexity index is 470. The standard InChI is InChI=1S/C6H10N4O14/c11-1-3(12)5(23-9(17)18)6(24-10(19)20)4(22-8(15)16)2-21-7(13)14/h3-6,11-12H,1-2H2. The normalized spacial score (nSPS) is 15.2. The van der Waals surface area contributed by atoms with Gasteiger partial charge in [0.25, 0.3) is 20.3 Å². The molecule has 4 atom stereocenters. The van der Waals surface area contributed by atoms with E-state index < -0.39 is 58.0 Å². The molecular weight excluding hydrogens is 352 g/mol. The molecular formula is C6H10N4O14. The van der Waals surface area contributed by atoms with E-state index in [9.17, 15) is 45.6 Å². The van der Waals surface area contributed by atoms with Gasteiger partial charge in [0, 0.05) is 0 Å². The molecule has 0 aliphatic heterocycles. The second-order valence-corrected chi connectivity index (χ2v) is 3.72. The molecule has 0 aromatic heterocycles. The van der Waals surface area contributed by atoms with Gasteiger partial charge in [-0.15, -0.1) is 40.5 Å². The first-order valence-electron chi connectivity index (χ1n) is 5.58. The lowest BCUT2D eigenvalue weighted by atomic mass is 10.0. The van der Waals surface area contributed by atoms with Gasteiger partial charge in [-0.25, -0.2) is 0 Å². The summed E-state index contributed by atoms with van der Waals surface area (Å²) in [6.45, 7) is -2.58. The van der Waals surface area contributed by atoms with Gasteiger partial charge in [0.1, 0.15) is 12.7 Å². The summed E-state index contributed by atoms with van der Waals surface area (Å²) in [5.41, 5.74) is 0. The SMILES string of the molecule is O=[N+]([O-])OCC(O[N+](=O)[O-])C(O[N+](=O)[O-])C(O[N+](=O)[O-])C(O)CO. The van der Waals surface area contributed by atoms with Crippen LogP contribution in [0.5, 0.6) is 0 Å². The van der Waals surface area contributed by atoms with Crippen molar-refractivity contribution >= 4 is 0 Å². The van der Waals surface area contributed by atoms with Crippen molar-refractivity contribution in [2.45, 2.75) is 24.4 Å². The fraction of sp³-hybridized carbons (Fsp3) is 1.00. The second-order valence-electron chi connectivity index (χ2n) is 3.72. The largest absolute Gasteiger partial charge is 0.394 e. The Morgan fingerprint density at radius 1 is 0.792 bits per heavy atom. The third kappa shape index (κ3) is 7.65. The van der Waals surface area contributed by atoms with E-state index in [4.69, 9.17) is 5.11 Å². The molecule has 138 valence electrons. The number of aliphatic hydroxyl groups is 2. The molecule has 0 bridgehead atoms. The molecule has 4 unspecified atom stereocenters. The molecule has 0 aromatic rings. The first kappa shape index (κ1) is 20.7. The quantitative estimate of drug-likeness (QED) is 0.249. The van der Waals surface area contributed by atoms with Crippen LogP contribution in [0.15, 0.2) is 0 Å². The Kier molecular flexibility index (Phi) is 8.36. The monoisotopic (exact) mass is 362 g/mol. The van der Waals surface area contributed by atoms with Crippen molar-refractivity contribution in [3.63, 3.8) is 0 Å². The summed E-state index contributed by atoms with van der Waals surface area (Å²) < 4.78 is 0. The fourth-order valence-corrected chi connectivity index (χ4v) is 1.42. The Hall–Kier alpha value is -3.28. The van der Waals surface area contributed by atoms with E-state index in [2.05, 4.69) is 19.4 Å². The maximum atomic E-state index is 10.5. The van der Waals surface area contributed by atoms with Gasteiger partial charge in [0.05, 0.1) is 6.61 Å². The third-order valence-corrected chi connectivity index (χ3v) is 2.24. The number of rotatable bonds is 13. The lowest BCUT2D eigenvalue weighted by Crippen LogP contribution is -2.53. The number of aliphatic hydroxyl groups excluding tert-OH is 2. The van der Waals surface area contributed by atoms with Gasteiger partial charge in [0.15, 0.2) is 18.3 Å². The average Bonchev–Trinajstić information content (AvgIpc) is 2.45. The zero-order chi connectivity index (χ0) is 18.9. The summed E-state index contributed by atoms with van der Waals surface area (Å²) in [5, 5.41) is 53.5. The molecule has 0 aliphatic rings. The molecule has 0 spiro atoms. The molecule has 0 saturated carbocycles. The summed E-state index contributed by atoms with van der Waals surface area (Å²) in [7, 11) is 0. The van der Waals surface area contributed by atoms with Gasteiger partial charge in [0.2, 0.25) is 0 Å². The van der Waals surface area contributed by atoms with Crippen LogP contribution in [-0.4, -0.2) is 68.2 Å². The third-order valence-electron chi connectivity index (χ3n) is 2.24. The van der Waals surface area contributed by atoms with E-state index >= 15 is 0 Å². The summed E-state index contributed by atoms with van der Waals surface area (Å²) in [4.78, 5) is 56.8. The molecule has 18 heteroatoms. The van der Waals surface area contributed by atoms with Crippen LogP contribution in [0.25, 0.3) is 0 Å². The summed E-state index contributed by atoms with van der Waals surface area (Å²) in [5.74, 6) is 0. The molecule has 0 heterocycles. The van der Waals surface area contributed by atoms with Crippen LogP contribution in [0.3, 0.4) is 0 Å². The van der Waals surface area contributed by atoms with Crippen molar-refractivity contribution in [1.29, 1.82) is 0 Å². The number of nitrogens with zero attached hydrogens (tertiary/aromatic N) is 4. The van der Waals surface area contributed by atoms with Crippen molar-refractivity contribution < 1.29 is 49.9 Å². The van der Waals surface area contributed by atoms with Crippen molar-refractivity contribution in [3.05, 3.63) is 40.5 Å². The second kappa shape index (κ2) is 9.68. The van der Waals surface area contributed by atoms with Gasteiger partial charge >= 0.3 is 0 Å². The molecule has 0 rings (SSSR count). The Labute approximate surface area is 129 Å². The number of hydrogen-bond donors (Lipinski definition) is 2. The van der Waals surface area contributed by atoms with E-state index in [-0.39, 0.29) is 0 Å². The highest BCUT2D eigenvalue weighted by atomic mass is 17.0. The van der Waals surface area contributed by atoms with E-state index in [1.54, 1.807) is 0 Å². The molecule has 0 radical (unpaired) electrons. The van der Waals surface area contributed by atoms with E-state index in [0.29, 0.717) is 0 Å². The van der Waals surface area contributed by atoms with E-state index in [0.717, 1.165) is 0 Å². The first-order chi connectivity index (χ1) is 11.1. The van der Waals surface area contributed by atoms with Crippen LogP contribution in [0.1, 0.15) is 0 Å². The Balaban J connectivity index is 5.63. The lowest BCUT2D eigenvalue weighted by molar-refractivity contribution is -0.824. The minimum absolute atomic E-state index is 1.24. The minimum atomic E-state index is -2.45. The van der Waals surface area contributed by atoms with Gasteiger partial charge in [-0.05, 0) is 0 Å². The predicted octanol–water partition coefficient (Wildman–Crippen LogP) is -2.72. The minimum Gasteiger partial charge on any atom is -0.394 e. The van der Waals surface area contributed by atoms with Crippen LogP contribution < -0.4 is 0 Å². The van der Waals surface area contributed by atoms with Gasteiger partial charge in [-0.2, -0.15) is 0 Å². The maximum absolute atomic E-state index is 10.5. The molecule has 2 N–H and O–H groups in total. The summed E-state index contributed by atoms with van der Waals surface area (Å²) in [6.07, 6.45) is -9.33. The van der Waals surface area contributed by atoms with E-state index in [1.807, 2.05) is 0 Å². The maximum Gasteiger partial charge on any atom is 0.294 e. The lowest BCUT2D eigenvalue weighted by Gasteiger charge is -2.30. The van der Waals surface area contributed by atoms with Gasteiger partial charge in [-0.1, -0.05) is 0 Å². The van der Waals surface area contributed by atoms with Crippen LogP contribution in [0.2, 0.25) is 0 Å². The first-order valence-corrected chi connectivity index (χ1v) is 5.58.